The van der Waals surface area contributed by atoms with Crippen molar-refractivity contribution in [2.24, 2.45) is 11.7 Å². The number of hydrogen-bond donors (Lipinski definition) is 2. The Kier molecular flexibility index (Phi) is 7.51. The van der Waals surface area contributed by atoms with Gasteiger partial charge in [0.1, 0.15) is 11.6 Å². The zero-order chi connectivity index (χ0) is 24.5. The number of benzene rings is 2. The van der Waals surface area contributed by atoms with Gasteiger partial charge in [-0.25, -0.2) is 22.2 Å². The van der Waals surface area contributed by atoms with Crippen LogP contribution in [0.25, 0.3) is 10.2 Å². The Balaban J connectivity index is 1.48. The maximum Gasteiger partial charge on any atom is 0.243 e. The topological polar surface area (TPSA) is 88.3 Å². The second-order valence-corrected chi connectivity index (χ2v) is 12.3. The van der Waals surface area contributed by atoms with Gasteiger partial charge >= 0.3 is 0 Å². The molecule has 6 nitrogen and oxygen atoms in total. The highest BCUT2D eigenvalue weighted by atomic mass is 32.2. The van der Waals surface area contributed by atoms with Crippen molar-refractivity contribution < 1.29 is 17.2 Å². The number of thiazole rings is 1. The molecule has 184 valence electrons. The van der Waals surface area contributed by atoms with Crippen LogP contribution >= 0.6 is 11.3 Å². The molecule has 1 aliphatic rings. The minimum absolute atomic E-state index is 0.116. The Morgan fingerprint density at radius 3 is 2.53 bits per heavy atom. The van der Waals surface area contributed by atoms with Crippen molar-refractivity contribution in [1.82, 2.24) is 9.29 Å². The van der Waals surface area contributed by atoms with Gasteiger partial charge in [0, 0.05) is 31.2 Å². The van der Waals surface area contributed by atoms with Crippen molar-refractivity contribution in [2.75, 3.05) is 18.4 Å². The molecule has 1 fully saturated rings. The molecule has 1 saturated carbocycles. The summed E-state index contributed by atoms with van der Waals surface area (Å²) < 4.78 is 56.3. The van der Waals surface area contributed by atoms with Gasteiger partial charge in [-0.05, 0) is 67.5 Å². The van der Waals surface area contributed by atoms with Crippen LogP contribution in [-0.2, 0) is 16.4 Å². The molecule has 0 saturated heterocycles. The number of rotatable bonds is 11. The van der Waals surface area contributed by atoms with E-state index >= 15 is 0 Å². The first kappa shape index (κ1) is 25.0. The van der Waals surface area contributed by atoms with Gasteiger partial charge in [0.05, 0.1) is 15.1 Å². The molecule has 34 heavy (non-hydrogen) atoms. The van der Waals surface area contributed by atoms with E-state index in [1.807, 2.05) is 13.8 Å². The van der Waals surface area contributed by atoms with Crippen LogP contribution in [0.4, 0.5) is 13.9 Å². The number of nitrogens with one attached hydrogen (secondary N) is 1. The Morgan fingerprint density at radius 2 is 1.88 bits per heavy atom. The molecule has 4 rings (SSSR count). The third kappa shape index (κ3) is 6.29. The van der Waals surface area contributed by atoms with Crippen LogP contribution in [0.2, 0.25) is 0 Å². The zero-order valence-corrected chi connectivity index (χ0v) is 20.9. The quantitative estimate of drug-likeness (QED) is 0.390. The molecule has 1 atom stereocenters. The lowest BCUT2D eigenvalue weighted by atomic mass is 10.0. The predicted molar refractivity (Wildman–Crippen MR) is 133 cm³/mol. The summed E-state index contributed by atoms with van der Waals surface area (Å²) in [6.07, 6.45) is 2.89. The highest BCUT2D eigenvalue weighted by Gasteiger charge is 2.27. The van der Waals surface area contributed by atoms with Gasteiger partial charge in [0.25, 0.3) is 0 Å². The maximum absolute atomic E-state index is 13.5. The van der Waals surface area contributed by atoms with Gasteiger partial charge in [0.2, 0.25) is 10.0 Å². The number of sulfonamides is 1. The number of halogens is 2. The summed E-state index contributed by atoms with van der Waals surface area (Å²) in [6, 6.07) is 8.38. The smallest absolute Gasteiger partial charge is 0.243 e. The van der Waals surface area contributed by atoms with E-state index in [1.165, 1.54) is 27.8 Å². The molecule has 0 bridgehead atoms. The van der Waals surface area contributed by atoms with Crippen LogP contribution in [0.5, 0.6) is 0 Å². The molecule has 0 aliphatic heterocycles. The van der Waals surface area contributed by atoms with Crippen LogP contribution in [0.3, 0.4) is 0 Å². The Hall–Kier alpha value is -2.14. The largest absolute Gasteiger partial charge is 0.359 e. The van der Waals surface area contributed by atoms with E-state index < -0.39 is 27.7 Å². The van der Waals surface area contributed by atoms with Crippen molar-refractivity contribution in [2.45, 2.75) is 56.5 Å². The van der Waals surface area contributed by atoms with Crippen molar-refractivity contribution in [3.63, 3.8) is 0 Å². The molecule has 1 aromatic heterocycles. The van der Waals surface area contributed by atoms with Crippen molar-refractivity contribution in [1.29, 1.82) is 0 Å². The number of aromatic nitrogens is 1. The third-order valence-electron chi connectivity index (χ3n) is 5.64. The van der Waals surface area contributed by atoms with E-state index in [1.54, 1.807) is 18.2 Å². The van der Waals surface area contributed by atoms with E-state index in [0.29, 0.717) is 24.6 Å². The zero-order valence-electron chi connectivity index (χ0n) is 19.3. The number of nitrogens with zero attached hydrogens (tertiary/aromatic N) is 2. The van der Waals surface area contributed by atoms with E-state index in [9.17, 15) is 17.2 Å². The summed E-state index contributed by atoms with van der Waals surface area (Å²) in [5, 5.41) is 4.17. The lowest BCUT2D eigenvalue weighted by Crippen LogP contribution is -2.38. The summed E-state index contributed by atoms with van der Waals surface area (Å²) in [5.74, 6) is -1.19. The first-order valence-corrected chi connectivity index (χ1v) is 13.7. The van der Waals surface area contributed by atoms with Crippen LogP contribution in [0.15, 0.2) is 41.3 Å². The second-order valence-electron chi connectivity index (χ2n) is 9.35. The minimum atomic E-state index is -3.75. The lowest BCUT2D eigenvalue weighted by molar-refractivity contribution is 0.351. The normalized spacial score (nSPS) is 15.4. The van der Waals surface area contributed by atoms with Crippen LogP contribution in [-0.4, -0.2) is 42.9 Å². The van der Waals surface area contributed by atoms with E-state index in [0.717, 1.165) is 34.3 Å². The molecule has 1 unspecified atom stereocenters. The molecule has 3 aromatic rings. The van der Waals surface area contributed by atoms with Crippen LogP contribution in [0.1, 0.15) is 38.7 Å². The second kappa shape index (κ2) is 10.2. The van der Waals surface area contributed by atoms with Gasteiger partial charge in [-0.3, -0.25) is 0 Å². The van der Waals surface area contributed by atoms with Gasteiger partial charge < -0.3 is 11.1 Å². The predicted octanol–water partition coefficient (Wildman–Crippen LogP) is 4.76. The summed E-state index contributed by atoms with van der Waals surface area (Å²) in [5.41, 5.74) is 7.43. The van der Waals surface area contributed by atoms with Crippen molar-refractivity contribution >= 4 is 36.7 Å². The Bertz CT molecular complexity index is 1240. The number of hydrogen-bond acceptors (Lipinski definition) is 6. The molecule has 0 amide bonds. The summed E-state index contributed by atoms with van der Waals surface area (Å²) >= 11 is 1.46. The van der Waals surface area contributed by atoms with Crippen LogP contribution < -0.4 is 11.1 Å². The fraction of sp³-hybridized carbons (Fsp3) is 0.458. The Morgan fingerprint density at radius 1 is 1.18 bits per heavy atom. The first-order chi connectivity index (χ1) is 16.1. The molecule has 0 spiro atoms. The highest BCUT2D eigenvalue weighted by Crippen LogP contribution is 2.32. The molecule has 2 aromatic carbocycles. The SMILES string of the molecule is CC(C)CN(CCC(N)Cc1cc(F)cc(F)c1)S(=O)(=O)c1ccc2nc(NC3CC3)sc2c1. The highest BCUT2D eigenvalue weighted by molar-refractivity contribution is 7.89. The molecule has 1 aliphatic carbocycles. The van der Waals surface area contributed by atoms with Gasteiger partial charge in [0.15, 0.2) is 5.13 Å². The summed E-state index contributed by atoms with van der Waals surface area (Å²) in [7, 11) is -3.75. The average Bonchev–Trinajstić information content (AvgIpc) is 3.45. The third-order valence-corrected chi connectivity index (χ3v) is 8.45. The van der Waals surface area contributed by atoms with Gasteiger partial charge in [-0.15, -0.1) is 0 Å². The molecule has 1 heterocycles. The molecular formula is C24H30F2N4O2S2. The monoisotopic (exact) mass is 508 g/mol. The molecule has 0 radical (unpaired) electrons. The minimum Gasteiger partial charge on any atom is -0.359 e. The van der Waals surface area contributed by atoms with E-state index in [-0.39, 0.29) is 23.8 Å². The lowest BCUT2D eigenvalue weighted by Gasteiger charge is -2.25. The van der Waals surface area contributed by atoms with Gasteiger partial charge in [-0.1, -0.05) is 25.2 Å². The number of fused-ring (bicyclic) bond motifs is 1. The fourth-order valence-corrected chi connectivity index (χ4v) is 6.54. The summed E-state index contributed by atoms with van der Waals surface area (Å²) in [6.45, 7) is 4.48. The van der Waals surface area contributed by atoms with Gasteiger partial charge in [-0.2, -0.15) is 4.31 Å². The number of anilines is 1. The van der Waals surface area contributed by atoms with E-state index in [4.69, 9.17) is 5.73 Å². The molecule has 10 heteroatoms. The molecule has 3 N–H and O–H groups in total. The maximum atomic E-state index is 13.5. The standard InChI is InChI=1S/C24H30F2N4O2S2/c1-15(2)14-30(8-7-19(27)11-16-9-17(25)12-18(26)10-16)34(31,32)21-5-6-22-23(13-21)33-24(29-22)28-20-3-4-20/h5-6,9-10,12-13,15,19-20H,3-4,7-8,11,14,27H2,1-2H3,(H,28,29). The average molecular weight is 509 g/mol. The van der Waals surface area contributed by atoms with Crippen molar-refractivity contribution in [3.8, 4) is 0 Å². The number of nitrogens with two attached hydrogens (primary N) is 1. The van der Waals surface area contributed by atoms with E-state index in [2.05, 4.69) is 10.3 Å². The Labute approximate surface area is 203 Å². The first-order valence-electron chi connectivity index (χ1n) is 11.5. The van der Waals surface area contributed by atoms with Crippen LogP contribution in [0, 0.1) is 17.6 Å². The molecular weight excluding hydrogens is 478 g/mol. The summed E-state index contributed by atoms with van der Waals surface area (Å²) in [4.78, 5) is 4.78. The van der Waals surface area contributed by atoms with Crippen molar-refractivity contribution in [3.05, 3.63) is 53.6 Å². The fourth-order valence-electron chi connectivity index (χ4n) is 3.84.